The number of para-hydroxylation sites is 2. The number of hydrogen-bond donors (Lipinski definition) is 0. The highest BCUT2D eigenvalue weighted by molar-refractivity contribution is 6.17. The molecule has 0 saturated carbocycles. The highest BCUT2D eigenvalue weighted by atomic mass is 15.1. The molecule has 1 aliphatic rings. The van der Waals surface area contributed by atoms with E-state index in [0.29, 0.717) is 0 Å². The fraction of sp³-hybridized carbons (Fsp3) is 0.0566. The van der Waals surface area contributed by atoms with Gasteiger partial charge in [0.25, 0.3) is 0 Å². The topological polar surface area (TPSA) is 8.17 Å². The van der Waals surface area contributed by atoms with Crippen LogP contribution in [-0.4, -0.2) is 4.57 Å². The molecule has 1 aromatic heterocycles. The Balaban J connectivity index is 1.14. The van der Waals surface area contributed by atoms with Crippen molar-refractivity contribution in [3.8, 4) is 27.9 Å². The van der Waals surface area contributed by atoms with E-state index < -0.39 is 0 Å². The minimum atomic E-state index is -0.0935. The molecule has 2 heteroatoms. The summed E-state index contributed by atoms with van der Waals surface area (Å²) in [5.41, 5.74) is 14.8. The molecule has 0 bridgehead atoms. The highest BCUT2D eigenvalue weighted by Crippen LogP contribution is 2.52. The first-order valence-electron chi connectivity index (χ1n) is 19.2. The van der Waals surface area contributed by atoms with E-state index in [9.17, 15) is 0 Å². The largest absolute Gasteiger partial charge is 0.310 e. The summed E-state index contributed by atoms with van der Waals surface area (Å²) in [6.45, 7) is 4.74. The lowest BCUT2D eigenvalue weighted by molar-refractivity contribution is 0.662. The lowest BCUT2D eigenvalue weighted by Crippen LogP contribution is -2.16. The molecule has 1 heterocycles. The van der Waals surface area contributed by atoms with Crippen molar-refractivity contribution >= 4 is 60.4 Å². The SMILES string of the molecule is CC1(C)c2ccccc2-c2cccc(-c3ccc(N(c4ccc5ccc6ccccc6c5c4)c4cccc5c4c4ccccc4n5-c4ccccc4)cc3)c21. The molecule has 260 valence electrons. The van der Waals surface area contributed by atoms with Crippen molar-refractivity contribution in [1.82, 2.24) is 4.57 Å². The first-order valence-corrected chi connectivity index (χ1v) is 19.2. The summed E-state index contributed by atoms with van der Waals surface area (Å²) in [5.74, 6) is 0. The molecule has 0 aliphatic heterocycles. The van der Waals surface area contributed by atoms with Gasteiger partial charge in [0.05, 0.1) is 16.7 Å². The predicted molar refractivity (Wildman–Crippen MR) is 233 cm³/mol. The van der Waals surface area contributed by atoms with Gasteiger partial charge < -0.3 is 9.47 Å². The van der Waals surface area contributed by atoms with Crippen molar-refractivity contribution in [3.05, 3.63) is 205 Å². The van der Waals surface area contributed by atoms with Crippen LogP contribution in [0.25, 0.3) is 71.3 Å². The van der Waals surface area contributed by atoms with Crippen LogP contribution in [0.4, 0.5) is 17.1 Å². The summed E-state index contributed by atoms with van der Waals surface area (Å²) < 4.78 is 2.40. The maximum atomic E-state index is 2.46. The average molecular weight is 703 g/mol. The fourth-order valence-corrected chi connectivity index (χ4v) is 9.48. The van der Waals surface area contributed by atoms with Crippen LogP contribution in [0.3, 0.4) is 0 Å². The summed E-state index contributed by atoms with van der Waals surface area (Å²) in [5, 5.41) is 7.45. The van der Waals surface area contributed by atoms with Crippen molar-refractivity contribution in [2.75, 3.05) is 4.90 Å². The Labute approximate surface area is 321 Å². The molecule has 0 atom stereocenters. The number of anilines is 3. The van der Waals surface area contributed by atoms with E-state index in [1.807, 2.05) is 0 Å². The van der Waals surface area contributed by atoms with Gasteiger partial charge in [-0.05, 0) is 110 Å². The lowest BCUT2D eigenvalue weighted by atomic mass is 9.79. The second-order valence-electron chi connectivity index (χ2n) is 15.3. The summed E-state index contributed by atoms with van der Waals surface area (Å²) in [4.78, 5) is 2.46. The first-order chi connectivity index (χ1) is 27.1. The molecule has 0 spiro atoms. The summed E-state index contributed by atoms with van der Waals surface area (Å²) in [7, 11) is 0. The Bertz CT molecular complexity index is 3110. The van der Waals surface area contributed by atoms with E-state index in [2.05, 4.69) is 217 Å². The van der Waals surface area contributed by atoms with Gasteiger partial charge >= 0.3 is 0 Å². The summed E-state index contributed by atoms with van der Waals surface area (Å²) >= 11 is 0. The second kappa shape index (κ2) is 12.1. The minimum absolute atomic E-state index is 0.0935. The average Bonchev–Trinajstić information content (AvgIpc) is 3.70. The van der Waals surface area contributed by atoms with Crippen molar-refractivity contribution in [1.29, 1.82) is 0 Å². The van der Waals surface area contributed by atoms with Gasteiger partial charge in [-0.2, -0.15) is 0 Å². The number of fused-ring (bicyclic) bond motifs is 9. The predicted octanol–water partition coefficient (Wildman–Crippen LogP) is 14.5. The fourth-order valence-electron chi connectivity index (χ4n) is 9.48. The van der Waals surface area contributed by atoms with Crippen LogP contribution in [0.15, 0.2) is 194 Å². The molecule has 10 aromatic rings. The quantitative estimate of drug-likeness (QED) is 0.162. The molecule has 0 fully saturated rings. The van der Waals surface area contributed by atoms with Gasteiger partial charge in [0, 0.05) is 33.2 Å². The van der Waals surface area contributed by atoms with Gasteiger partial charge in [0.2, 0.25) is 0 Å². The van der Waals surface area contributed by atoms with Gasteiger partial charge in [0.15, 0.2) is 0 Å². The maximum Gasteiger partial charge on any atom is 0.0562 e. The summed E-state index contributed by atoms with van der Waals surface area (Å²) in [6, 6.07) is 71.4. The Morgan fingerprint density at radius 2 is 1.05 bits per heavy atom. The normalized spacial score (nSPS) is 13.1. The highest BCUT2D eigenvalue weighted by Gasteiger charge is 2.37. The third-order valence-electron chi connectivity index (χ3n) is 11.9. The molecule has 0 radical (unpaired) electrons. The Hall–Kier alpha value is -6.90. The molecule has 1 aliphatic carbocycles. The van der Waals surface area contributed by atoms with E-state index in [0.717, 1.165) is 22.7 Å². The zero-order chi connectivity index (χ0) is 36.7. The molecular formula is C53H38N2. The third kappa shape index (κ3) is 4.74. The Kier molecular flexibility index (Phi) is 6.93. The Morgan fingerprint density at radius 3 is 1.91 bits per heavy atom. The molecule has 0 unspecified atom stereocenters. The van der Waals surface area contributed by atoms with Crippen LogP contribution in [0.1, 0.15) is 25.0 Å². The zero-order valence-electron chi connectivity index (χ0n) is 30.9. The third-order valence-corrected chi connectivity index (χ3v) is 11.9. The van der Waals surface area contributed by atoms with Crippen LogP contribution in [0, 0.1) is 0 Å². The van der Waals surface area contributed by atoms with Crippen LogP contribution < -0.4 is 4.90 Å². The molecule has 11 rings (SSSR count). The number of hydrogen-bond acceptors (Lipinski definition) is 1. The second-order valence-corrected chi connectivity index (χ2v) is 15.3. The minimum Gasteiger partial charge on any atom is -0.310 e. The molecule has 9 aromatic carbocycles. The van der Waals surface area contributed by atoms with Gasteiger partial charge in [-0.25, -0.2) is 0 Å². The van der Waals surface area contributed by atoms with E-state index >= 15 is 0 Å². The first kappa shape index (κ1) is 31.6. The molecule has 2 nitrogen and oxygen atoms in total. The van der Waals surface area contributed by atoms with Crippen LogP contribution in [0.2, 0.25) is 0 Å². The van der Waals surface area contributed by atoms with Gasteiger partial charge in [0.1, 0.15) is 0 Å². The van der Waals surface area contributed by atoms with Gasteiger partial charge in [-0.1, -0.05) is 153 Å². The van der Waals surface area contributed by atoms with Crippen molar-refractivity contribution in [2.45, 2.75) is 19.3 Å². The smallest absolute Gasteiger partial charge is 0.0562 e. The van der Waals surface area contributed by atoms with E-state index in [1.54, 1.807) is 0 Å². The maximum absolute atomic E-state index is 2.46. The zero-order valence-corrected chi connectivity index (χ0v) is 30.9. The summed E-state index contributed by atoms with van der Waals surface area (Å²) in [6.07, 6.45) is 0. The van der Waals surface area contributed by atoms with Crippen molar-refractivity contribution < 1.29 is 0 Å². The number of benzene rings is 9. The van der Waals surface area contributed by atoms with Crippen molar-refractivity contribution in [2.24, 2.45) is 0 Å². The van der Waals surface area contributed by atoms with Crippen LogP contribution >= 0.6 is 0 Å². The number of aromatic nitrogens is 1. The standard InChI is InChI=1S/C53H38N2/c1-53(2)47-22-10-8-18-43(47)44-21-12-20-42(52(44)53)36-28-31-39(32-29-36)54(40-33-30-37-27-26-35-14-6-7-17-41(35)46(37)34-40)49-24-13-25-50-51(49)45-19-9-11-23-48(45)55(50)38-15-4-3-5-16-38/h3-34H,1-2H3. The van der Waals surface area contributed by atoms with E-state index in [-0.39, 0.29) is 5.41 Å². The van der Waals surface area contributed by atoms with E-state index in [1.165, 1.54) is 76.7 Å². The van der Waals surface area contributed by atoms with Gasteiger partial charge in [-0.3, -0.25) is 0 Å². The van der Waals surface area contributed by atoms with E-state index in [4.69, 9.17) is 0 Å². The molecule has 0 N–H and O–H groups in total. The van der Waals surface area contributed by atoms with Crippen molar-refractivity contribution in [3.63, 3.8) is 0 Å². The van der Waals surface area contributed by atoms with Gasteiger partial charge in [-0.15, -0.1) is 0 Å². The molecule has 0 amide bonds. The van der Waals surface area contributed by atoms with Crippen LogP contribution in [0.5, 0.6) is 0 Å². The number of nitrogens with zero attached hydrogens (tertiary/aromatic N) is 2. The Morgan fingerprint density at radius 1 is 0.436 bits per heavy atom. The molecule has 55 heavy (non-hydrogen) atoms. The van der Waals surface area contributed by atoms with Crippen LogP contribution in [-0.2, 0) is 5.41 Å². The lowest BCUT2D eigenvalue weighted by Gasteiger charge is -2.28. The number of rotatable bonds is 5. The molecular weight excluding hydrogens is 665 g/mol. The molecule has 0 saturated heterocycles. The monoisotopic (exact) mass is 702 g/mol.